The third-order valence-electron chi connectivity index (χ3n) is 5.14. The molecule has 0 saturated heterocycles. The molecule has 2 N–H and O–H groups in total. The van der Waals surface area contributed by atoms with Gasteiger partial charge in [-0.25, -0.2) is 4.79 Å². The van der Waals surface area contributed by atoms with Gasteiger partial charge in [-0.1, -0.05) is 6.07 Å². The molecule has 2 aromatic rings. The Labute approximate surface area is 185 Å². The van der Waals surface area contributed by atoms with Crippen LogP contribution in [0.5, 0.6) is 17.2 Å². The maximum absolute atomic E-state index is 12.2. The standard InChI is InChI=1S/C23H24N2O7/c1-14(15-2-6-19-20(11-15)30-9-8-29-19)24-22(27)12-32-23(28)13-31-17-4-5-18-16(10-17)3-7-21(26)25-18/h2,4-6,10-11,14H,3,7-9,12-13H2,1H3,(H,24,27)(H,25,26). The van der Waals surface area contributed by atoms with Crippen molar-refractivity contribution in [1.82, 2.24) is 5.32 Å². The van der Waals surface area contributed by atoms with Crippen molar-refractivity contribution >= 4 is 23.5 Å². The van der Waals surface area contributed by atoms with Crippen LogP contribution in [0.1, 0.15) is 30.5 Å². The van der Waals surface area contributed by atoms with Gasteiger partial charge in [0.2, 0.25) is 5.91 Å². The van der Waals surface area contributed by atoms with Gasteiger partial charge >= 0.3 is 5.97 Å². The van der Waals surface area contributed by atoms with Crippen molar-refractivity contribution in [2.24, 2.45) is 0 Å². The number of ether oxygens (including phenoxy) is 4. The summed E-state index contributed by atoms with van der Waals surface area (Å²) in [6.45, 7) is 2.09. The molecule has 9 nitrogen and oxygen atoms in total. The number of aryl methyl sites for hydroxylation is 1. The number of hydrogen-bond acceptors (Lipinski definition) is 7. The van der Waals surface area contributed by atoms with Gasteiger partial charge in [0.25, 0.3) is 5.91 Å². The van der Waals surface area contributed by atoms with Gasteiger partial charge in [0.15, 0.2) is 24.7 Å². The van der Waals surface area contributed by atoms with E-state index in [2.05, 4.69) is 10.6 Å². The van der Waals surface area contributed by atoms with E-state index in [1.165, 1.54) is 0 Å². The Bertz CT molecular complexity index is 1040. The van der Waals surface area contributed by atoms with Crippen LogP contribution >= 0.6 is 0 Å². The molecule has 2 aliphatic rings. The summed E-state index contributed by atoms with van der Waals surface area (Å²) in [7, 11) is 0. The number of amides is 2. The summed E-state index contributed by atoms with van der Waals surface area (Å²) in [5, 5.41) is 5.57. The zero-order valence-corrected chi connectivity index (χ0v) is 17.6. The van der Waals surface area contributed by atoms with Crippen LogP contribution in [0.15, 0.2) is 36.4 Å². The maximum atomic E-state index is 12.2. The Kier molecular flexibility index (Phi) is 6.44. The third kappa shape index (κ3) is 5.29. The van der Waals surface area contributed by atoms with Crippen LogP contribution in [-0.2, 0) is 25.5 Å². The lowest BCUT2D eigenvalue weighted by atomic mass is 10.0. The lowest BCUT2D eigenvalue weighted by molar-refractivity contribution is -0.150. The molecule has 2 aliphatic heterocycles. The van der Waals surface area contributed by atoms with Crippen molar-refractivity contribution in [3.63, 3.8) is 0 Å². The average molecular weight is 440 g/mol. The van der Waals surface area contributed by atoms with E-state index in [0.29, 0.717) is 43.3 Å². The summed E-state index contributed by atoms with van der Waals surface area (Å²) in [4.78, 5) is 35.5. The SMILES string of the molecule is CC(NC(=O)COC(=O)COc1ccc2c(c1)CCC(=O)N2)c1ccc2c(c1)OCCO2. The number of nitrogens with one attached hydrogen (secondary N) is 2. The molecule has 0 aliphatic carbocycles. The fraction of sp³-hybridized carbons (Fsp3) is 0.348. The maximum Gasteiger partial charge on any atom is 0.344 e. The predicted octanol–water partition coefficient (Wildman–Crippen LogP) is 2.14. The fourth-order valence-corrected chi connectivity index (χ4v) is 3.48. The van der Waals surface area contributed by atoms with Crippen LogP contribution in [0.25, 0.3) is 0 Å². The van der Waals surface area contributed by atoms with Crippen LogP contribution in [0, 0.1) is 0 Å². The van der Waals surface area contributed by atoms with Crippen LogP contribution in [0.2, 0.25) is 0 Å². The summed E-state index contributed by atoms with van der Waals surface area (Å²) in [6, 6.07) is 10.4. The molecule has 2 amide bonds. The molecule has 4 rings (SSSR count). The molecule has 0 spiro atoms. The summed E-state index contributed by atoms with van der Waals surface area (Å²) >= 11 is 0. The number of carbonyl (C=O) groups is 3. The second-order valence-electron chi connectivity index (χ2n) is 7.51. The van der Waals surface area contributed by atoms with E-state index in [4.69, 9.17) is 18.9 Å². The van der Waals surface area contributed by atoms with Crippen molar-refractivity contribution in [2.75, 3.05) is 31.7 Å². The number of carbonyl (C=O) groups excluding carboxylic acids is 3. The van der Waals surface area contributed by atoms with Crippen molar-refractivity contribution in [2.45, 2.75) is 25.8 Å². The largest absolute Gasteiger partial charge is 0.486 e. The molecular weight excluding hydrogens is 416 g/mol. The Morgan fingerprint density at radius 1 is 1.06 bits per heavy atom. The minimum absolute atomic E-state index is 0.0173. The first-order chi connectivity index (χ1) is 15.5. The van der Waals surface area contributed by atoms with Gasteiger partial charge in [-0.2, -0.15) is 0 Å². The second-order valence-corrected chi connectivity index (χ2v) is 7.51. The summed E-state index contributed by atoms with van der Waals surface area (Å²) in [6.07, 6.45) is 1.03. The summed E-state index contributed by atoms with van der Waals surface area (Å²) in [5.41, 5.74) is 2.55. The number of rotatable bonds is 7. The normalized spacial score (nSPS) is 15.1. The highest BCUT2D eigenvalue weighted by Gasteiger charge is 2.18. The molecule has 32 heavy (non-hydrogen) atoms. The predicted molar refractivity (Wildman–Crippen MR) is 114 cm³/mol. The minimum Gasteiger partial charge on any atom is -0.486 e. The van der Waals surface area contributed by atoms with Crippen LogP contribution in [-0.4, -0.2) is 44.2 Å². The van der Waals surface area contributed by atoms with Gasteiger partial charge < -0.3 is 29.6 Å². The van der Waals surface area contributed by atoms with Gasteiger partial charge in [-0.15, -0.1) is 0 Å². The summed E-state index contributed by atoms with van der Waals surface area (Å²) < 4.78 is 21.5. The molecule has 2 aromatic carbocycles. The van der Waals surface area contributed by atoms with E-state index in [1.807, 2.05) is 19.1 Å². The van der Waals surface area contributed by atoms with E-state index >= 15 is 0 Å². The average Bonchev–Trinajstić information content (AvgIpc) is 2.81. The zero-order valence-electron chi connectivity index (χ0n) is 17.6. The molecule has 9 heteroatoms. The van der Waals surface area contributed by atoms with Gasteiger partial charge in [-0.3, -0.25) is 9.59 Å². The van der Waals surface area contributed by atoms with Crippen molar-refractivity contribution in [1.29, 1.82) is 0 Å². The minimum atomic E-state index is -0.654. The zero-order chi connectivity index (χ0) is 22.5. The number of esters is 1. The van der Waals surface area contributed by atoms with Crippen molar-refractivity contribution < 1.29 is 33.3 Å². The summed E-state index contributed by atoms with van der Waals surface area (Å²) in [5.74, 6) is 0.715. The van der Waals surface area contributed by atoms with E-state index in [9.17, 15) is 14.4 Å². The molecule has 0 aromatic heterocycles. The van der Waals surface area contributed by atoms with Crippen LogP contribution in [0.4, 0.5) is 5.69 Å². The van der Waals surface area contributed by atoms with Gasteiger partial charge in [-0.05, 0) is 54.8 Å². The molecule has 1 atom stereocenters. The smallest absolute Gasteiger partial charge is 0.344 e. The second kappa shape index (κ2) is 9.59. The molecule has 0 radical (unpaired) electrons. The first-order valence-corrected chi connectivity index (χ1v) is 10.4. The van der Waals surface area contributed by atoms with E-state index in [-0.39, 0.29) is 18.6 Å². The van der Waals surface area contributed by atoms with E-state index < -0.39 is 18.5 Å². The fourth-order valence-electron chi connectivity index (χ4n) is 3.48. The number of benzene rings is 2. The van der Waals surface area contributed by atoms with Crippen molar-refractivity contribution in [3.8, 4) is 17.2 Å². The topological polar surface area (TPSA) is 112 Å². The van der Waals surface area contributed by atoms with Crippen LogP contribution < -0.4 is 24.8 Å². The lowest BCUT2D eigenvalue weighted by Crippen LogP contribution is -2.32. The highest BCUT2D eigenvalue weighted by Crippen LogP contribution is 2.32. The molecule has 2 heterocycles. The molecule has 0 bridgehead atoms. The van der Waals surface area contributed by atoms with Crippen molar-refractivity contribution in [3.05, 3.63) is 47.5 Å². The van der Waals surface area contributed by atoms with E-state index in [0.717, 1.165) is 16.8 Å². The molecular formula is C23H24N2O7. The molecule has 1 unspecified atom stereocenters. The van der Waals surface area contributed by atoms with Crippen LogP contribution in [0.3, 0.4) is 0 Å². The first kappa shape index (κ1) is 21.5. The Balaban J connectivity index is 1.21. The monoisotopic (exact) mass is 440 g/mol. The highest BCUT2D eigenvalue weighted by molar-refractivity contribution is 5.94. The Morgan fingerprint density at radius 3 is 2.72 bits per heavy atom. The third-order valence-corrected chi connectivity index (χ3v) is 5.14. The highest BCUT2D eigenvalue weighted by atomic mass is 16.6. The van der Waals surface area contributed by atoms with Gasteiger partial charge in [0.05, 0.1) is 6.04 Å². The molecule has 168 valence electrons. The quantitative estimate of drug-likeness (QED) is 0.635. The first-order valence-electron chi connectivity index (χ1n) is 10.4. The number of anilines is 1. The Hall–Kier alpha value is -3.75. The van der Waals surface area contributed by atoms with Gasteiger partial charge in [0.1, 0.15) is 19.0 Å². The van der Waals surface area contributed by atoms with Gasteiger partial charge in [0, 0.05) is 12.1 Å². The molecule has 0 saturated carbocycles. The number of hydrogen-bond donors (Lipinski definition) is 2. The Morgan fingerprint density at radius 2 is 1.88 bits per heavy atom. The number of fused-ring (bicyclic) bond motifs is 2. The lowest BCUT2D eigenvalue weighted by Gasteiger charge is -2.21. The van der Waals surface area contributed by atoms with E-state index in [1.54, 1.807) is 24.3 Å². The molecule has 0 fully saturated rings.